The van der Waals surface area contributed by atoms with E-state index >= 15 is 0 Å². The topological polar surface area (TPSA) is 29.5 Å². The molecule has 0 heterocycles. The lowest BCUT2D eigenvalue weighted by molar-refractivity contribution is -0.148. The third-order valence-electron chi connectivity index (χ3n) is 2.38. The van der Waals surface area contributed by atoms with Crippen LogP contribution >= 0.6 is 0 Å². The molecule has 0 amide bonds. The quantitative estimate of drug-likeness (QED) is 0.590. The fourth-order valence-electron chi connectivity index (χ4n) is 1.40. The van der Waals surface area contributed by atoms with Crippen molar-refractivity contribution >= 4 is 5.97 Å². The monoisotopic (exact) mass is 201 g/mol. The molecule has 0 saturated carbocycles. The first-order chi connectivity index (χ1) is 6.67. The van der Waals surface area contributed by atoms with Gasteiger partial charge in [-0.3, -0.25) is 9.69 Å². The van der Waals surface area contributed by atoms with Crippen LogP contribution in [-0.2, 0) is 9.53 Å². The predicted molar refractivity (Wildman–Crippen MR) is 58.3 cm³/mol. The number of hydrogen-bond donors (Lipinski definition) is 0. The van der Waals surface area contributed by atoms with E-state index in [9.17, 15) is 4.79 Å². The van der Waals surface area contributed by atoms with E-state index in [2.05, 4.69) is 18.7 Å². The van der Waals surface area contributed by atoms with Gasteiger partial charge in [0.15, 0.2) is 0 Å². The molecule has 0 aromatic rings. The highest BCUT2D eigenvalue weighted by atomic mass is 16.5. The van der Waals surface area contributed by atoms with Crippen LogP contribution in [0.5, 0.6) is 0 Å². The van der Waals surface area contributed by atoms with Crippen molar-refractivity contribution in [2.75, 3.05) is 19.7 Å². The summed E-state index contributed by atoms with van der Waals surface area (Å²) in [6.45, 7) is 10.3. The molecule has 84 valence electrons. The summed E-state index contributed by atoms with van der Waals surface area (Å²) in [5, 5.41) is 0. The molecule has 3 heteroatoms. The van der Waals surface area contributed by atoms with E-state index in [0.29, 0.717) is 6.61 Å². The lowest BCUT2D eigenvalue weighted by Gasteiger charge is -2.25. The summed E-state index contributed by atoms with van der Waals surface area (Å²) >= 11 is 0. The van der Waals surface area contributed by atoms with Crippen LogP contribution in [0, 0.1) is 0 Å². The lowest BCUT2D eigenvalue weighted by atomic mass is 10.2. The number of ether oxygens (including phenoxy) is 1. The number of carbonyl (C=O) groups is 1. The molecule has 0 bridgehead atoms. The number of nitrogens with zero attached hydrogens (tertiary/aromatic N) is 1. The molecule has 0 aliphatic carbocycles. The molecule has 0 fully saturated rings. The maximum Gasteiger partial charge on any atom is 0.323 e. The zero-order valence-corrected chi connectivity index (χ0v) is 9.88. The number of carbonyl (C=O) groups excluding carboxylic acids is 1. The Morgan fingerprint density at radius 3 is 2.43 bits per heavy atom. The zero-order chi connectivity index (χ0) is 11.0. The summed E-state index contributed by atoms with van der Waals surface area (Å²) in [6.07, 6.45) is 2.30. The Balaban J connectivity index is 4.01. The van der Waals surface area contributed by atoms with Crippen molar-refractivity contribution in [3.05, 3.63) is 0 Å². The number of esters is 1. The number of likely N-dealkylation sites (N-methyl/N-ethyl adjacent to an activating group) is 1. The van der Waals surface area contributed by atoms with Crippen LogP contribution < -0.4 is 0 Å². The average Bonchev–Trinajstić information content (AvgIpc) is 2.19. The molecule has 1 unspecified atom stereocenters. The van der Waals surface area contributed by atoms with Gasteiger partial charge in [0.25, 0.3) is 0 Å². The molecule has 0 radical (unpaired) electrons. The van der Waals surface area contributed by atoms with E-state index in [-0.39, 0.29) is 12.0 Å². The van der Waals surface area contributed by atoms with Crippen molar-refractivity contribution in [2.24, 2.45) is 0 Å². The molecule has 0 rings (SSSR count). The average molecular weight is 201 g/mol. The maximum absolute atomic E-state index is 11.4. The van der Waals surface area contributed by atoms with Crippen LogP contribution in [0.4, 0.5) is 0 Å². The molecule has 3 nitrogen and oxygen atoms in total. The van der Waals surface area contributed by atoms with Gasteiger partial charge in [-0.15, -0.1) is 0 Å². The minimum absolute atomic E-state index is 0.105. The molecule has 0 aliphatic heterocycles. The molecule has 0 aromatic heterocycles. The van der Waals surface area contributed by atoms with E-state index in [0.717, 1.165) is 25.9 Å². The molecular formula is C11H23NO2. The van der Waals surface area contributed by atoms with Crippen molar-refractivity contribution in [3.63, 3.8) is 0 Å². The van der Waals surface area contributed by atoms with Gasteiger partial charge in [0.2, 0.25) is 0 Å². The Labute approximate surface area is 87.4 Å². The van der Waals surface area contributed by atoms with Gasteiger partial charge in [0, 0.05) is 0 Å². The SMILES string of the molecule is CCCCN(CC)C(C)C(=O)OCC. The highest BCUT2D eigenvalue weighted by Crippen LogP contribution is 2.03. The maximum atomic E-state index is 11.4. The standard InChI is InChI=1S/C11H23NO2/c1-5-8-9-12(6-2)10(4)11(13)14-7-3/h10H,5-9H2,1-4H3. The molecule has 0 aromatic carbocycles. The van der Waals surface area contributed by atoms with Gasteiger partial charge >= 0.3 is 5.97 Å². The second kappa shape index (κ2) is 7.80. The summed E-state index contributed by atoms with van der Waals surface area (Å²) in [4.78, 5) is 13.6. The van der Waals surface area contributed by atoms with Crippen molar-refractivity contribution in [1.82, 2.24) is 4.90 Å². The first kappa shape index (κ1) is 13.4. The molecule has 0 saturated heterocycles. The minimum Gasteiger partial charge on any atom is -0.465 e. The first-order valence-electron chi connectivity index (χ1n) is 5.57. The van der Waals surface area contributed by atoms with Gasteiger partial charge in [-0.05, 0) is 33.4 Å². The van der Waals surface area contributed by atoms with Crippen LogP contribution in [0.1, 0.15) is 40.5 Å². The molecular weight excluding hydrogens is 178 g/mol. The van der Waals surface area contributed by atoms with Crippen molar-refractivity contribution in [3.8, 4) is 0 Å². The van der Waals surface area contributed by atoms with E-state index in [1.807, 2.05) is 13.8 Å². The van der Waals surface area contributed by atoms with E-state index in [4.69, 9.17) is 4.74 Å². The summed E-state index contributed by atoms with van der Waals surface area (Å²) in [5.41, 5.74) is 0. The van der Waals surface area contributed by atoms with E-state index < -0.39 is 0 Å². The summed E-state index contributed by atoms with van der Waals surface area (Å²) < 4.78 is 4.99. The normalized spacial score (nSPS) is 12.9. The van der Waals surface area contributed by atoms with E-state index in [1.165, 1.54) is 0 Å². The van der Waals surface area contributed by atoms with Crippen LogP contribution in [-0.4, -0.2) is 36.6 Å². The fraction of sp³-hybridized carbons (Fsp3) is 0.909. The zero-order valence-electron chi connectivity index (χ0n) is 9.88. The van der Waals surface area contributed by atoms with Gasteiger partial charge in [0.1, 0.15) is 6.04 Å². The van der Waals surface area contributed by atoms with Gasteiger partial charge in [-0.1, -0.05) is 20.3 Å². The van der Waals surface area contributed by atoms with Crippen LogP contribution in [0.15, 0.2) is 0 Å². The summed E-state index contributed by atoms with van der Waals surface area (Å²) in [7, 11) is 0. The van der Waals surface area contributed by atoms with Gasteiger partial charge in [-0.25, -0.2) is 0 Å². The Kier molecular flexibility index (Phi) is 7.48. The summed E-state index contributed by atoms with van der Waals surface area (Å²) in [5.74, 6) is -0.106. The largest absolute Gasteiger partial charge is 0.465 e. The minimum atomic E-state index is -0.106. The fourth-order valence-corrected chi connectivity index (χ4v) is 1.40. The van der Waals surface area contributed by atoms with Crippen molar-refractivity contribution in [1.29, 1.82) is 0 Å². The Morgan fingerprint density at radius 1 is 1.36 bits per heavy atom. The second-order valence-electron chi connectivity index (χ2n) is 3.41. The highest BCUT2D eigenvalue weighted by Gasteiger charge is 2.20. The molecule has 0 N–H and O–H groups in total. The van der Waals surface area contributed by atoms with Crippen LogP contribution in [0.3, 0.4) is 0 Å². The van der Waals surface area contributed by atoms with Crippen molar-refractivity contribution < 1.29 is 9.53 Å². The number of hydrogen-bond acceptors (Lipinski definition) is 3. The predicted octanol–water partition coefficient (Wildman–Crippen LogP) is 2.06. The van der Waals surface area contributed by atoms with Gasteiger partial charge in [-0.2, -0.15) is 0 Å². The Bertz CT molecular complexity index is 159. The number of unbranched alkanes of at least 4 members (excludes halogenated alkanes) is 1. The molecule has 0 aliphatic rings. The third-order valence-corrected chi connectivity index (χ3v) is 2.38. The van der Waals surface area contributed by atoms with Crippen LogP contribution in [0.2, 0.25) is 0 Å². The van der Waals surface area contributed by atoms with Gasteiger partial charge in [0.05, 0.1) is 6.61 Å². The van der Waals surface area contributed by atoms with Gasteiger partial charge < -0.3 is 4.74 Å². The highest BCUT2D eigenvalue weighted by molar-refractivity contribution is 5.75. The number of rotatable bonds is 7. The van der Waals surface area contributed by atoms with Crippen LogP contribution in [0.25, 0.3) is 0 Å². The second-order valence-corrected chi connectivity index (χ2v) is 3.41. The smallest absolute Gasteiger partial charge is 0.323 e. The molecule has 14 heavy (non-hydrogen) atoms. The van der Waals surface area contributed by atoms with E-state index in [1.54, 1.807) is 0 Å². The Hall–Kier alpha value is -0.570. The Morgan fingerprint density at radius 2 is 2.00 bits per heavy atom. The first-order valence-corrected chi connectivity index (χ1v) is 5.57. The van der Waals surface area contributed by atoms with Crippen molar-refractivity contribution in [2.45, 2.75) is 46.6 Å². The lowest BCUT2D eigenvalue weighted by Crippen LogP contribution is -2.40. The third kappa shape index (κ3) is 4.61. The molecule has 1 atom stereocenters. The molecule has 0 spiro atoms. The summed E-state index contributed by atoms with van der Waals surface area (Å²) in [6, 6.07) is -0.105.